The summed E-state index contributed by atoms with van der Waals surface area (Å²) in [7, 11) is 0. The van der Waals surface area contributed by atoms with E-state index in [2.05, 4.69) is 4.89 Å². The zero-order chi connectivity index (χ0) is 5.21. The zero-order valence-corrected chi connectivity index (χ0v) is 5.36. The molecule has 0 fully saturated rings. The van der Waals surface area contributed by atoms with Crippen LogP contribution >= 0.6 is 0 Å². The normalized spacial score (nSPS) is 10.3. The monoisotopic (exact) mass is 97.1 g/mol. The van der Waals surface area contributed by atoms with Crippen molar-refractivity contribution in [3.8, 4) is 0 Å². The fourth-order valence-electron chi connectivity index (χ4n) is 0. The molecule has 0 saturated carbocycles. The maximum atomic E-state index is 7.90. The minimum absolute atomic E-state index is 0. The molecular formula is C4H10LiO2. The average molecular weight is 97.1 g/mol. The number of hydrogen-bond donors (Lipinski definition) is 1. The van der Waals surface area contributed by atoms with Crippen LogP contribution in [0.1, 0.15) is 20.8 Å². The number of hydrogen-bond acceptors (Lipinski definition) is 2. The molecule has 7 heavy (non-hydrogen) atoms. The minimum atomic E-state index is -0.403. The second kappa shape index (κ2) is 3.51. The van der Waals surface area contributed by atoms with E-state index in [9.17, 15) is 0 Å². The molecule has 0 aliphatic heterocycles. The van der Waals surface area contributed by atoms with Gasteiger partial charge in [-0.25, -0.2) is 4.89 Å². The maximum absolute atomic E-state index is 7.90. The van der Waals surface area contributed by atoms with Crippen molar-refractivity contribution in [2.24, 2.45) is 0 Å². The Bertz CT molecular complexity index is 39.4. The van der Waals surface area contributed by atoms with Crippen LogP contribution in [0.15, 0.2) is 0 Å². The van der Waals surface area contributed by atoms with Crippen LogP contribution in [0, 0.1) is 0 Å². The van der Waals surface area contributed by atoms with E-state index < -0.39 is 5.60 Å². The Hall–Kier alpha value is 0.517. The summed E-state index contributed by atoms with van der Waals surface area (Å²) in [6, 6.07) is 0. The molecule has 0 aliphatic carbocycles. The fourth-order valence-corrected chi connectivity index (χ4v) is 0. The molecule has 0 bridgehead atoms. The zero-order valence-electron chi connectivity index (χ0n) is 5.36. The van der Waals surface area contributed by atoms with Gasteiger partial charge in [-0.3, -0.25) is 5.26 Å². The Morgan fingerprint density at radius 1 is 1.29 bits per heavy atom. The molecule has 2 nitrogen and oxygen atoms in total. The van der Waals surface area contributed by atoms with Gasteiger partial charge in [0.2, 0.25) is 0 Å². The molecule has 0 aromatic heterocycles. The maximum Gasteiger partial charge on any atom is 0.0949 e. The molecule has 0 atom stereocenters. The first-order chi connectivity index (χ1) is 2.56. The van der Waals surface area contributed by atoms with Gasteiger partial charge in [-0.1, -0.05) is 0 Å². The van der Waals surface area contributed by atoms with E-state index in [0.717, 1.165) is 0 Å². The molecule has 0 rings (SSSR count). The van der Waals surface area contributed by atoms with Crippen LogP contribution in [0.4, 0.5) is 0 Å². The molecule has 0 spiro atoms. The van der Waals surface area contributed by atoms with Gasteiger partial charge in [0.25, 0.3) is 0 Å². The molecule has 0 heterocycles. The van der Waals surface area contributed by atoms with Crippen molar-refractivity contribution in [2.75, 3.05) is 0 Å². The quantitative estimate of drug-likeness (QED) is 0.276. The van der Waals surface area contributed by atoms with Crippen molar-refractivity contribution < 1.29 is 10.1 Å². The second-order valence-electron chi connectivity index (χ2n) is 2.20. The molecule has 39 valence electrons. The third kappa shape index (κ3) is 10.7. The second-order valence-corrected chi connectivity index (χ2v) is 2.20. The Morgan fingerprint density at radius 3 is 1.43 bits per heavy atom. The van der Waals surface area contributed by atoms with Gasteiger partial charge < -0.3 is 0 Å². The van der Waals surface area contributed by atoms with Crippen LogP contribution in [0.2, 0.25) is 0 Å². The van der Waals surface area contributed by atoms with Gasteiger partial charge in [0, 0.05) is 18.9 Å². The first kappa shape index (κ1) is 10.5. The average Bonchev–Trinajstić information content (AvgIpc) is 1.35. The topological polar surface area (TPSA) is 29.5 Å². The molecule has 0 aliphatic rings. The Balaban J connectivity index is 0. The summed E-state index contributed by atoms with van der Waals surface area (Å²) in [6.45, 7) is 5.31. The minimum Gasteiger partial charge on any atom is -0.251 e. The van der Waals surface area contributed by atoms with Gasteiger partial charge in [0.15, 0.2) is 0 Å². The van der Waals surface area contributed by atoms with Gasteiger partial charge >= 0.3 is 0 Å². The summed E-state index contributed by atoms with van der Waals surface area (Å²) < 4.78 is 0. The molecule has 3 heteroatoms. The molecule has 0 saturated heterocycles. The van der Waals surface area contributed by atoms with E-state index in [4.69, 9.17) is 5.26 Å². The van der Waals surface area contributed by atoms with Crippen molar-refractivity contribution in [3.63, 3.8) is 0 Å². The molecular weight excluding hydrogens is 87.0 g/mol. The van der Waals surface area contributed by atoms with E-state index in [1.165, 1.54) is 0 Å². The van der Waals surface area contributed by atoms with Crippen molar-refractivity contribution in [1.82, 2.24) is 0 Å². The van der Waals surface area contributed by atoms with E-state index in [-0.39, 0.29) is 18.9 Å². The summed E-state index contributed by atoms with van der Waals surface area (Å²) in [5.41, 5.74) is -0.403. The molecule has 0 unspecified atom stereocenters. The number of rotatable bonds is 0. The predicted molar refractivity (Wildman–Crippen MR) is 29.2 cm³/mol. The molecule has 1 radical (unpaired) electrons. The standard InChI is InChI=1S/C4H10O2.Li/c1-4(2,3)6-5;/h5H,1-3H3;. The van der Waals surface area contributed by atoms with E-state index in [1.807, 2.05) is 0 Å². The third-order valence-corrected chi connectivity index (χ3v) is 0.274. The van der Waals surface area contributed by atoms with Crippen molar-refractivity contribution in [2.45, 2.75) is 26.4 Å². The largest absolute Gasteiger partial charge is 0.251 e. The van der Waals surface area contributed by atoms with Crippen molar-refractivity contribution in [1.29, 1.82) is 0 Å². The van der Waals surface area contributed by atoms with Crippen LogP contribution in [0.25, 0.3) is 0 Å². The molecule has 1 N–H and O–H groups in total. The first-order valence-electron chi connectivity index (χ1n) is 1.89. The van der Waals surface area contributed by atoms with Gasteiger partial charge in [-0.05, 0) is 20.8 Å². The van der Waals surface area contributed by atoms with Gasteiger partial charge in [-0.2, -0.15) is 0 Å². The van der Waals surface area contributed by atoms with Gasteiger partial charge in [-0.15, -0.1) is 0 Å². The van der Waals surface area contributed by atoms with Crippen molar-refractivity contribution in [3.05, 3.63) is 0 Å². The van der Waals surface area contributed by atoms with Gasteiger partial charge in [0.05, 0.1) is 5.60 Å². The summed E-state index contributed by atoms with van der Waals surface area (Å²) in [5, 5.41) is 7.90. The summed E-state index contributed by atoms with van der Waals surface area (Å²) in [5.74, 6) is 0. The summed E-state index contributed by atoms with van der Waals surface area (Å²) >= 11 is 0. The Labute approximate surface area is 56.0 Å². The third-order valence-electron chi connectivity index (χ3n) is 0.274. The Morgan fingerprint density at radius 2 is 1.43 bits per heavy atom. The van der Waals surface area contributed by atoms with E-state index in [1.54, 1.807) is 20.8 Å². The van der Waals surface area contributed by atoms with Crippen LogP contribution < -0.4 is 0 Å². The van der Waals surface area contributed by atoms with Gasteiger partial charge in [0.1, 0.15) is 0 Å². The van der Waals surface area contributed by atoms with E-state index in [0.29, 0.717) is 0 Å². The SMILES string of the molecule is CC(C)(C)OO.[Li]. The van der Waals surface area contributed by atoms with Crippen LogP contribution in [0.5, 0.6) is 0 Å². The Kier molecular flexibility index (Phi) is 5.26. The van der Waals surface area contributed by atoms with Crippen molar-refractivity contribution >= 4 is 18.9 Å². The van der Waals surface area contributed by atoms with Crippen LogP contribution in [0.3, 0.4) is 0 Å². The van der Waals surface area contributed by atoms with Crippen LogP contribution in [-0.2, 0) is 4.89 Å². The fraction of sp³-hybridized carbons (Fsp3) is 1.00. The molecule has 0 aromatic carbocycles. The smallest absolute Gasteiger partial charge is 0.0949 e. The van der Waals surface area contributed by atoms with Crippen LogP contribution in [-0.4, -0.2) is 29.7 Å². The van der Waals surface area contributed by atoms with E-state index >= 15 is 0 Å². The molecule has 0 amide bonds. The summed E-state index contributed by atoms with van der Waals surface area (Å²) in [6.07, 6.45) is 0. The first-order valence-corrected chi connectivity index (χ1v) is 1.89. The predicted octanol–water partition coefficient (Wildman–Crippen LogP) is 0.894. The molecule has 0 aromatic rings. The summed E-state index contributed by atoms with van der Waals surface area (Å²) in [4.78, 5) is 3.94.